The molecule has 0 atom stereocenters. The van der Waals surface area contributed by atoms with Crippen molar-refractivity contribution in [3.8, 4) is 0 Å². The van der Waals surface area contributed by atoms with Crippen LogP contribution in [0.25, 0.3) is 0 Å². The fraction of sp³-hybridized carbons (Fsp3) is 0.500. The molecular weight excluding hydrogens is 262 g/mol. The molecule has 0 saturated carbocycles. The Kier molecular flexibility index (Phi) is 8.33. The molecule has 0 aromatic rings. The maximum atomic E-state index is 11.1. The van der Waals surface area contributed by atoms with E-state index < -0.39 is 23.0 Å². The Labute approximate surface area is 107 Å². The number of esters is 2. The number of carbonyl (C=O) groups excluding carboxylic acids is 2. The van der Waals surface area contributed by atoms with Crippen LogP contribution in [0.2, 0.25) is 0 Å². The lowest BCUT2D eigenvalue weighted by atomic mass is 10.2. The number of rotatable bonds is 9. The third-order valence-electron chi connectivity index (χ3n) is 1.80. The number of carbonyl (C=O) groups is 3. The molecular formula is C10H13NO8. The van der Waals surface area contributed by atoms with Crippen LogP contribution in [0.3, 0.4) is 0 Å². The first kappa shape index (κ1) is 16.6. The van der Waals surface area contributed by atoms with Crippen LogP contribution in [-0.4, -0.2) is 34.7 Å². The molecule has 0 spiro atoms. The van der Waals surface area contributed by atoms with Gasteiger partial charge >= 0.3 is 17.9 Å². The summed E-state index contributed by atoms with van der Waals surface area (Å²) in [6.07, 6.45) is 2.44. The molecule has 106 valence electrons. The predicted molar refractivity (Wildman–Crippen MR) is 59.3 cm³/mol. The normalized spacial score (nSPS) is 10.1. The van der Waals surface area contributed by atoms with Crippen LogP contribution in [0.4, 0.5) is 0 Å². The van der Waals surface area contributed by atoms with Crippen LogP contribution in [0.1, 0.15) is 25.7 Å². The lowest BCUT2D eigenvalue weighted by molar-refractivity contribution is -0.757. The predicted octanol–water partition coefficient (Wildman–Crippen LogP) is 0.466. The fourth-order valence-corrected chi connectivity index (χ4v) is 1.02. The molecule has 0 aromatic carbocycles. The van der Waals surface area contributed by atoms with Crippen molar-refractivity contribution in [1.82, 2.24) is 0 Å². The second-order valence-corrected chi connectivity index (χ2v) is 3.33. The monoisotopic (exact) mass is 275 g/mol. The maximum Gasteiger partial charge on any atom is 0.338 e. The SMILES string of the molecule is O=C(O)C=CC(=O)OC(=O)CCCCCO[N+](=O)[O-]. The average molecular weight is 275 g/mol. The summed E-state index contributed by atoms with van der Waals surface area (Å²) in [6, 6.07) is 0. The van der Waals surface area contributed by atoms with Gasteiger partial charge in [-0.05, 0) is 12.8 Å². The van der Waals surface area contributed by atoms with E-state index in [1.54, 1.807) is 0 Å². The van der Waals surface area contributed by atoms with E-state index in [1.807, 2.05) is 0 Å². The van der Waals surface area contributed by atoms with Gasteiger partial charge in [0.25, 0.3) is 5.09 Å². The zero-order chi connectivity index (χ0) is 14.7. The van der Waals surface area contributed by atoms with E-state index in [4.69, 9.17) is 5.11 Å². The highest BCUT2D eigenvalue weighted by Gasteiger charge is 2.07. The molecule has 0 aliphatic heterocycles. The Balaban J connectivity index is 3.62. The molecule has 0 radical (unpaired) electrons. The number of aliphatic carboxylic acids is 1. The second kappa shape index (κ2) is 9.57. The third kappa shape index (κ3) is 11.8. The van der Waals surface area contributed by atoms with Gasteiger partial charge < -0.3 is 14.7 Å². The summed E-state index contributed by atoms with van der Waals surface area (Å²) < 4.78 is 4.28. The minimum atomic E-state index is -1.32. The summed E-state index contributed by atoms with van der Waals surface area (Å²) in [5.41, 5.74) is 0. The number of hydrogen-bond acceptors (Lipinski definition) is 7. The lowest BCUT2D eigenvalue weighted by Crippen LogP contribution is -2.10. The fourth-order valence-electron chi connectivity index (χ4n) is 1.02. The Morgan fingerprint density at radius 3 is 2.42 bits per heavy atom. The molecule has 0 aliphatic carbocycles. The quantitative estimate of drug-likeness (QED) is 0.160. The van der Waals surface area contributed by atoms with Gasteiger partial charge in [0.1, 0.15) is 0 Å². The van der Waals surface area contributed by atoms with Gasteiger partial charge in [-0.1, -0.05) is 6.42 Å². The third-order valence-corrected chi connectivity index (χ3v) is 1.80. The van der Waals surface area contributed by atoms with Crippen molar-refractivity contribution in [3.05, 3.63) is 22.3 Å². The Bertz CT molecular complexity index is 376. The molecule has 0 saturated heterocycles. The van der Waals surface area contributed by atoms with Gasteiger partial charge in [0.2, 0.25) is 0 Å². The van der Waals surface area contributed by atoms with E-state index in [2.05, 4.69) is 9.57 Å². The van der Waals surface area contributed by atoms with Crippen LogP contribution < -0.4 is 0 Å². The molecule has 9 heteroatoms. The smallest absolute Gasteiger partial charge is 0.338 e. The summed E-state index contributed by atoms with van der Waals surface area (Å²) in [6.45, 7) is -0.0532. The van der Waals surface area contributed by atoms with E-state index >= 15 is 0 Å². The molecule has 0 unspecified atom stereocenters. The standard InChI is InChI=1S/C10H13NO8/c12-8(13)5-6-10(15)19-9(14)4-2-1-3-7-18-11(16)17/h5-6H,1-4,7H2,(H,12,13). The van der Waals surface area contributed by atoms with Crippen molar-refractivity contribution >= 4 is 17.9 Å². The van der Waals surface area contributed by atoms with E-state index in [0.717, 1.165) is 0 Å². The largest absolute Gasteiger partial charge is 0.478 e. The van der Waals surface area contributed by atoms with E-state index in [0.29, 0.717) is 31.4 Å². The zero-order valence-corrected chi connectivity index (χ0v) is 9.94. The van der Waals surface area contributed by atoms with Crippen molar-refractivity contribution in [2.75, 3.05) is 6.61 Å². The molecule has 0 amide bonds. The zero-order valence-electron chi connectivity index (χ0n) is 9.94. The first-order valence-electron chi connectivity index (χ1n) is 5.34. The topological polar surface area (TPSA) is 133 Å². The average Bonchev–Trinajstić information content (AvgIpc) is 2.30. The maximum absolute atomic E-state index is 11.1. The van der Waals surface area contributed by atoms with Crippen molar-refractivity contribution < 1.29 is 34.2 Å². The minimum Gasteiger partial charge on any atom is -0.478 e. The van der Waals surface area contributed by atoms with Crippen LogP contribution in [0.15, 0.2) is 12.2 Å². The summed E-state index contributed by atoms with van der Waals surface area (Å²) in [4.78, 5) is 45.9. The molecule has 0 rings (SSSR count). The van der Waals surface area contributed by atoms with Crippen LogP contribution in [0, 0.1) is 10.1 Å². The number of hydrogen-bond donors (Lipinski definition) is 1. The van der Waals surface area contributed by atoms with E-state index in [1.165, 1.54) is 0 Å². The Morgan fingerprint density at radius 2 is 1.84 bits per heavy atom. The van der Waals surface area contributed by atoms with Crippen LogP contribution in [0.5, 0.6) is 0 Å². The summed E-state index contributed by atoms with van der Waals surface area (Å²) in [5.74, 6) is -3.16. The van der Waals surface area contributed by atoms with Gasteiger partial charge in [-0.25, -0.2) is 9.59 Å². The van der Waals surface area contributed by atoms with Gasteiger partial charge in [0, 0.05) is 18.6 Å². The molecule has 0 fully saturated rings. The molecule has 0 heterocycles. The summed E-state index contributed by atoms with van der Waals surface area (Å²) in [5, 5.41) is 17.1. The highest BCUT2D eigenvalue weighted by atomic mass is 16.9. The van der Waals surface area contributed by atoms with Gasteiger partial charge in [0.05, 0.1) is 6.61 Å². The van der Waals surface area contributed by atoms with Gasteiger partial charge in [-0.15, -0.1) is 10.1 Å². The van der Waals surface area contributed by atoms with Gasteiger partial charge in [-0.2, -0.15) is 0 Å². The van der Waals surface area contributed by atoms with E-state index in [-0.39, 0.29) is 13.0 Å². The molecule has 9 nitrogen and oxygen atoms in total. The number of carboxylic acid groups (broad SMARTS) is 1. The first-order valence-corrected chi connectivity index (χ1v) is 5.34. The minimum absolute atomic E-state index is 0.0366. The number of ether oxygens (including phenoxy) is 1. The molecule has 1 N–H and O–H groups in total. The Morgan fingerprint density at radius 1 is 1.16 bits per heavy atom. The van der Waals surface area contributed by atoms with Gasteiger partial charge in [0.15, 0.2) is 0 Å². The lowest BCUT2D eigenvalue weighted by Gasteiger charge is -2.00. The molecule has 0 aliphatic rings. The van der Waals surface area contributed by atoms with Crippen LogP contribution >= 0.6 is 0 Å². The van der Waals surface area contributed by atoms with Crippen molar-refractivity contribution in [1.29, 1.82) is 0 Å². The van der Waals surface area contributed by atoms with Gasteiger partial charge in [-0.3, -0.25) is 4.79 Å². The summed E-state index contributed by atoms with van der Waals surface area (Å²) in [7, 11) is 0. The van der Waals surface area contributed by atoms with Crippen molar-refractivity contribution in [2.45, 2.75) is 25.7 Å². The number of carboxylic acids is 1. The number of nitrogens with zero attached hydrogens (tertiary/aromatic N) is 1. The highest BCUT2D eigenvalue weighted by Crippen LogP contribution is 2.02. The van der Waals surface area contributed by atoms with Crippen molar-refractivity contribution in [3.63, 3.8) is 0 Å². The first-order chi connectivity index (χ1) is 8.91. The van der Waals surface area contributed by atoms with E-state index in [9.17, 15) is 24.5 Å². The molecule has 0 bridgehead atoms. The highest BCUT2D eigenvalue weighted by molar-refractivity contribution is 5.95. The summed E-state index contributed by atoms with van der Waals surface area (Å²) >= 11 is 0. The Hall–Kier alpha value is -2.45. The van der Waals surface area contributed by atoms with Crippen molar-refractivity contribution in [2.24, 2.45) is 0 Å². The number of unbranched alkanes of at least 4 members (excludes halogenated alkanes) is 2. The molecule has 0 aromatic heterocycles. The second-order valence-electron chi connectivity index (χ2n) is 3.33. The molecule has 19 heavy (non-hydrogen) atoms. The van der Waals surface area contributed by atoms with Crippen LogP contribution in [-0.2, 0) is 24.0 Å².